The molecule has 0 amide bonds. The van der Waals surface area contributed by atoms with Gasteiger partial charge in [0.25, 0.3) is 0 Å². The Morgan fingerprint density at radius 3 is 1.47 bits per heavy atom. The van der Waals surface area contributed by atoms with E-state index in [2.05, 4.69) is 60.4 Å². The monoisotopic (exact) mass is 209 g/mol. The molecule has 0 aliphatic carbocycles. The van der Waals surface area contributed by atoms with Crippen LogP contribution in [0.1, 0.15) is 55.4 Å². The van der Waals surface area contributed by atoms with E-state index in [0.29, 0.717) is 0 Å². The average molecular weight is 209 g/mol. The molecule has 0 rings (SSSR count). The summed E-state index contributed by atoms with van der Waals surface area (Å²) in [6, 6.07) is 0. The second-order valence-electron chi connectivity index (χ2n) is 5.68. The maximum Gasteiger partial charge on any atom is 0.0276 e. The lowest BCUT2D eigenvalue weighted by atomic mass is 9.61. The summed E-state index contributed by atoms with van der Waals surface area (Å²) in [5, 5.41) is 0. The zero-order chi connectivity index (χ0) is 12.4. The van der Waals surface area contributed by atoms with Crippen molar-refractivity contribution in [3.8, 4) is 0 Å². The van der Waals surface area contributed by atoms with Crippen LogP contribution in [0.2, 0.25) is 0 Å². The fourth-order valence-electron chi connectivity index (χ4n) is 1.83. The van der Waals surface area contributed by atoms with Gasteiger partial charge >= 0.3 is 0 Å². The molecule has 0 aromatic heterocycles. The third-order valence-corrected chi connectivity index (χ3v) is 4.49. The first-order valence-electron chi connectivity index (χ1n) is 5.67. The van der Waals surface area contributed by atoms with Crippen molar-refractivity contribution in [1.29, 1.82) is 0 Å². The lowest BCUT2D eigenvalue weighted by molar-refractivity contribution is 0.237. The van der Waals surface area contributed by atoms with Crippen molar-refractivity contribution in [1.82, 2.24) is 0 Å². The molecule has 0 aliphatic rings. The van der Waals surface area contributed by atoms with Gasteiger partial charge in [0.15, 0.2) is 0 Å². The zero-order valence-corrected chi connectivity index (χ0v) is 11.9. The van der Waals surface area contributed by atoms with Crippen LogP contribution in [0.15, 0.2) is 16.1 Å². The van der Waals surface area contributed by atoms with E-state index in [1.807, 2.05) is 7.05 Å². The maximum atomic E-state index is 4.36. The van der Waals surface area contributed by atoms with Crippen LogP contribution >= 0.6 is 0 Å². The minimum absolute atomic E-state index is 0.100. The number of aliphatic imine (C=N–C) groups is 1. The molecule has 0 fully saturated rings. The van der Waals surface area contributed by atoms with E-state index < -0.39 is 0 Å². The van der Waals surface area contributed by atoms with Gasteiger partial charge in [-0.15, -0.1) is 0 Å². The zero-order valence-electron chi connectivity index (χ0n) is 11.9. The molecule has 1 heteroatoms. The first kappa shape index (κ1) is 14.4. The van der Waals surface area contributed by atoms with Gasteiger partial charge < -0.3 is 0 Å². The summed E-state index contributed by atoms with van der Waals surface area (Å²) in [5.74, 6) is 0. The van der Waals surface area contributed by atoms with Crippen LogP contribution in [0.4, 0.5) is 0 Å². The van der Waals surface area contributed by atoms with Crippen LogP contribution in [-0.4, -0.2) is 12.8 Å². The molecule has 0 aromatic carbocycles. The van der Waals surface area contributed by atoms with E-state index in [9.17, 15) is 0 Å². The Morgan fingerprint density at radius 1 is 0.800 bits per heavy atom. The molecule has 0 unspecified atom stereocenters. The number of rotatable bonds is 3. The summed E-state index contributed by atoms with van der Waals surface area (Å²) < 4.78 is 0. The van der Waals surface area contributed by atoms with Crippen molar-refractivity contribution in [3.05, 3.63) is 11.1 Å². The molecular formula is C14H27N. The molecule has 0 aromatic rings. The van der Waals surface area contributed by atoms with Gasteiger partial charge in [-0.2, -0.15) is 0 Å². The number of allylic oxidation sites excluding steroid dienone is 2. The highest BCUT2D eigenvalue weighted by molar-refractivity contribution is 5.88. The van der Waals surface area contributed by atoms with Crippen LogP contribution in [-0.2, 0) is 0 Å². The largest absolute Gasteiger partial charge is 0.297 e. The van der Waals surface area contributed by atoms with Gasteiger partial charge in [-0.1, -0.05) is 38.8 Å². The van der Waals surface area contributed by atoms with E-state index in [0.717, 1.165) is 0 Å². The van der Waals surface area contributed by atoms with Crippen molar-refractivity contribution in [2.24, 2.45) is 15.8 Å². The van der Waals surface area contributed by atoms with Crippen molar-refractivity contribution in [2.45, 2.75) is 55.4 Å². The summed E-state index contributed by atoms with van der Waals surface area (Å²) in [5.41, 5.74) is 4.35. The molecule has 0 atom stereocenters. The highest BCUT2D eigenvalue weighted by Gasteiger charge is 2.40. The Balaban J connectivity index is 5.48. The first-order chi connectivity index (χ1) is 6.59. The van der Waals surface area contributed by atoms with E-state index in [4.69, 9.17) is 0 Å². The van der Waals surface area contributed by atoms with E-state index in [1.54, 1.807) is 0 Å². The minimum atomic E-state index is 0.100. The molecule has 0 saturated heterocycles. The van der Waals surface area contributed by atoms with E-state index in [1.165, 1.54) is 16.9 Å². The SMILES string of the molecule is C/N=C(/C)C(C)(C)C(C)(C)C(C)=C(C)C. The van der Waals surface area contributed by atoms with Gasteiger partial charge in [0.1, 0.15) is 0 Å². The predicted molar refractivity (Wildman–Crippen MR) is 70.6 cm³/mol. The minimum Gasteiger partial charge on any atom is -0.297 e. The molecule has 1 nitrogen and oxygen atoms in total. The highest BCUT2D eigenvalue weighted by Crippen LogP contribution is 2.46. The lowest BCUT2D eigenvalue weighted by Crippen LogP contribution is -2.39. The Labute approximate surface area is 95.7 Å². The number of hydrogen-bond donors (Lipinski definition) is 0. The van der Waals surface area contributed by atoms with Crippen LogP contribution < -0.4 is 0 Å². The van der Waals surface area contributed by atoms with Gasteiger partial charge in [-0.25, -0.2) is 0 Å². The van der Waals surface area contributed by atoms with Crippen LogP contribution in [0.25, 0.3) is 0 Å². The highest BCUT2D eigenvalue weighted by atomic mass is 14.7. The van der Waals surface area contributed by atoms with Gasteiger partial charge in [-0.05, 0) is 33.1 Å². The fraction of sp³-hybridized carbons (Fsp3) is 0.786. The summed E-state index contributed by atoms with van der Waals surface area (Å²) >= 11 is 0. The molecule has 0 heterocycles. The number of nitrogens with zero attached hydrogens (tertiary/aromatic N) is 1. The van der Waals surface area contributed by atoms with Crippen molar-refractivity contribution < 1.29 is 0 Å². The maximum absolute atomic E-state index is 4.36. The van der Waals surface area contributed by atoms with Gasteiger partial charge in [-0.3, -0.25) is 4.99 Å². The second-order valence-corrected chi connectivity index (χ2v) is 5.68. The van der Waals surface area contributed by atoms with Crippen LogP contribution in [0.5, 0.6) is 0 Å². The first-order valence-corrected chi connectivity index (χ1v) is 5.67. The van der Waals surface area contributed by atoms with E-state index in [-0.39, 0.29) is 10.8 Å². The third kappa shape index (κ3) is 2.50. The molecule has 0 radical (unpaired) electrons. The molecule has 0 aliphatic heterocycles. The summed E-state index contributed by atoms with van der Waals surface area (Å²) in [7, 11) is 1.88. The molecule has 0 bridgehead atoms. The summed E-state index contributed by atoms with van der Waals surface area (Å²) in [6.07, 6.45) is 0. The van der Waals surface area contributed by atoms with Crippen molar-refractivity contribution in [3.63, 3.8) is 0 Å². The Kier molecular flexibility index (Phi) is 4.33. The Bertz CT molecular complexity index is 286. The molecule has 0 N–H and O–H groups in total. The fourth-order valence-corrected chi connectivity index (χ4v) is 1.83. The summed E-state index contributed by atoms with van der Waals surface area (Å²) in [6.45, 7) is 17.9. The normalized spacial score (nSPS) is 14.1. The molecular weight excluding hydrogens is 182 g/mol. The summed E-state index contributed by atoms with van der Waals surface area (Å²) in [4.78, 5) is 4.36. The van der Waals surface area contributed by atoms with Crippen LogP contribution in [0, 0.1) is 10.8 Å². The van der Waals surface area contributed by atoms with Gasteiger partial charge in [0.05, 0.1) is 0 Å². The standard InChI is InChI=1S/C14H27N/c1-10(2)11(3)13(5,6)14(7,8)12(4)15-9/h1-9H3/b15-12-. The average Bonchev–Trinajstić information content (AvgIpc) is 2.14. The Morgan fingerprint density at radius 2 is 1.20 bits per heavy atom. The van der Waals surface area contributed by atoms with E-state index >= 15 is 0 Å². The lowest BCUT2D eigenvalue weighted by Gasteiger charge is -2.43. The van der Waals surface area contributed by atoms with Crippen molar-refractivity contribution in [2.75, 3.05) is 7.05 Å². The van der Waals surface area contributed by atoms with Gasteiger partial charge in [0.2, 0.25) is 0 Å². The quantitative estimate of drug-likeness (QED) is 0.480. The van der Waals surface area contributed by atoms with Crippen molar-refractivity contribution >= 4 is 5.71 Å². The smallest absolute Gasteiger partial charge is 0.0276 e. The van der Waals surface area contributed by atoms with Crippen LogP contribution in [0.3, 0.4) is 0 Å². The molecule has 0 spiro atoms. The number of hydrogen-bond acceptors (Lipinski definition) is 1. The van der Waals surface area contributed by atoms with Gasteiger partial charge in [0, 0.05) is 18.2 Å². The third-order valence-electron chi connectivity index (χ3n) is 4.49. The Hall–Kier alpha value is -0.590. The predicted octanol–water partition coefficient (Wildman–Crippen LogP) is 4.49. The topological polar surface area (TPSA) is 12.4 Å². The molecule has 88 valence electrons. The molecule has 0 saturated carbocycles. The second kappa shape index (κ2) is 4.51. The molecule has 15 heavy (non-hydrogen) atoms.